The summed E-state index contributed by atoms with van der Waals surface area (Å²) in [5, 5.41) is 3.27. The average Bonchev–Trinajstić information content (AvgIpc) is 2.39. The Hall–Kier alpha value is -1.74. The second-order valence-electron chi connectivity index (χ2n) is 4.68. The molecular weight excluding hydrogens is 239 g/mol. The molecule has 0 spiro atoms. The van der Waals surface area contributed by atoms with Gasteiger partial charge in [0.05, 0.1) is 0 Å². The quantitative estimate of drug-likeness (QED) is 0.827. The van der Waals surface area contributed by atoms with Crippen LogP contribution in [0.3, 0.4) is 0 Å². The average molecular weight is 258 g/mol. The molecule has 2 aromatic rings. The monoisotopic (exact) mass is 258 g/mol. The van der Waals surface area contributed by atoms with Crippen molar-refractivity contribution < 1.29 is 4.39 Å². The molecule has 19 heavy (non-hydrogen) atoms. The third kappa shape index (κ3) is 3.61. The van der Waals surface area contributed by atoms with Gasteiger partial charge in [0.15, 0.2) is 0 Å². The summed E-state index contributed by atoms with van der Waals surface area (Å²) in [6, 6.07) is 9.14. The highest BCUT2D eigenvalue weighted by atomic mass is 19.1. The van der Waals surface area contributed by atoms with E-state index in [0.717, 1.165) is 29.8 Å². The summed E-state index contributed by atoms with van der Waals surface area (Å²) in [6.07, 6.45) is 2.79. The van der Waals surface area contributed by atoms with E-state index in [1.54, 1.807) is 12.3 Å². The number of aromatic nitrogens is 1. The smallest absolute Gasteiger partial charge is 0.131 e. The molecule has 0 aliphatic rings. The number of pyridine rings is 1. The zero-order valence-corrected chi connectivity index (χ0v) is 11.4. The molecule has 1 heterocycles. The van der Waals surface area contributed by atoms with Crippen molar-refractivity contribution >= 4 is 0 Å². The summed E-state index contributed by atoms with van der Waals surface area (Å²) in [4.78, 5) is 4.13. The zero-order valence-electron chi connectivity index (χ0n) is 11.4. The van der Waals surface area contributed by atoms with Crippen LogP contribution in [-0.4, -0.2) is 11.5 Å². The number of hydrogen-bond donors (Lipinski definition) is 1. The molecule has 0 aliphatic carbocycles. The maximum atomic E-state index is 14.1. The maximum Gasteiger partial charge on any atom is 0.131 e. The molecule has 1 aromatic heterocycles. The van der Waals surface area contributed by atoms with Gasteiger partial charge in [-0.15, -0.1) is 0 Å². The number of rotatable bonds is 5. The Morgan fingerprint density at radius 2 is 2.05 bits per heavy atom. The minimum atomic E-state index is -0.179. The number of aryl methyl sites for hydroxylation is 1. The van der Waals surface area contributed by atoms with Crippen LogP contribution in [0.4, 0.5) is 4.39 Å². The first-order valence-corrected chi connectivity index (χ1v) is 6.63. The highest BCUT2D eigenvalue weighted by Crippen LogP contribution is 2.23. The highest BCUT2D eigenvalue weighted by Gasteiger charge is 2.06. The molecule has 0 atom stereocenters. The van der Waals surface area contributed by atoms with Crippen molar-refractivity contribution in [2.24, 2.45) is 0 Å². The Morgan fingerprint density at radius 3 is 2.74 bits per heavy atom. The summed E-state index contributed by atoms with van der Waals surface area (Å²) in [6.45, 7) is 5.68. The molecular formula is C16H19FN2. The van der Waals surface area contributed by atoms with Gasteiger partial charge in [-0.05, 0) is 49.2 Å². The van der Waals surface area contributed by atoms with Crippen molar-refractivity contribution in [3.63, 3.8) is 0 Å². The lowest BCUT2D eigenvalue weighted by Gasteiger charge is -2.08. The molecule has 2 nitrogen and oxygen atoms in total. The van der Waals surface area contributed by atoms with E-state index in [2.05, 4.69) is 17.2 Å². The molecule has 100 valence electrons. The van der Waals surface area contributed by atoms with Gasteiger partial charge < -0.3 is 5.32 Å². The van der Waals surface area contributed by atoms with Crippen LogP contribution in [0, 0.1) is 12.7 Å². The third-order valence-electron chi connectivity index (χ3n) is 3.00. The lowest BCUT2D eigenvalue weighted by molar-refractivity contribution is 0.622. The summed E-state index contributed by atoms with van der Waals surface area (Å²) in [5.74, 6) is -0.179. The van der Waals surface area contributed by atoms with Gasteiger partial charge in [-0.25, -0.2) is 4.39 Å². The first-order chi connectivity index (χ1) is 9.20. The summed E-state index contributed by atoms with van der Waals surface area (Å²) in [7, 11) is 0. The second-order valence-corrected chi connectivity index (χ2v) is 4.68. The van der Waals surface area contributed by atoms with E-state index in [1.807, 2.05) is 31.2 Å². The van der Waals surface area contributed by atoms with Gasteiger partial charge in [0.2, 0.25) is 0 Å². The molecule has 0 aliphatic heterocycles. The molecule has 0 saturated carbocycles. The highest BCUT2D eigenvalue weighted by molar-refractivity contribution is 5.64. The van der Waals surface area contributed by atoms with Crippen molar-refractivity contribution in [1.29, 1.82) is 0 Å². The van der Waals surface area contributed by atoms with Crippen LogP contribution in [0.1, 0.15) is 24.6 Å². The van der Waals surface area contributed by atoms with Crippen LogP contribution >= 0.6 is 0 Å². The van der Waals surface area contributed by atoms with Gasteiger partial charge in [0.25, 0.3) is 0 Å². The number of benzene rings is 1. The fraction of sp³-hybridized carbons (Fsp3) is 0.312. The SMILES string of the molecule is CCCNCc1ccc(-c2ccnc(C)c2)c(F)c1. The molecule has 1 N–H and O–H groups in total. The fourth-order valence-corrected chi connectivity index (χ4v) is 2.03. The van der Waals surface area contributed by atoms with E-state index in [0.29, 0.717) is 12.1 Å². The van der Waals surface area contributed by atoms with Gasteiger partial charge in [0.1, 0.15) is 5.82 Å². The number of nitrogens with zero attached hydrogens (tertiary/aromatic N) is 1. The molecule has 0 saturated heterocycles. The molecule has 2 rings (SSSR count). The van der Waals surface area contributed by atoms with Gasteiger partial charge in [-0.2, -0.15) is 0 Å². The number of hydrogen-bond acceptors (Lipinski definition) is 2. The zero-order chi connectivity index (χ0) is 13.7. The lowest BCUT2D eigenvalue weighted by Crippen LogP contribution is -2.13. The van der Waals surface area contributed by atoms with E-state index in [9.17, 15) is 4.39 Å². The largest absolute Gasteiger partial charge is 0.313 e. The predicted molar refractivity (Wildman–Crippen MR) is 76.4 cm³/mol. The van der Waals surface area contributed by atoms with Crippen molar-refractivity contribution in [2.45, 2.75) is 26.8 Å². The van der Waals surface area contributed by atoms with Crippen molar-refractivity contribution in [3.8, 4) is 11.1 Å². The molecule has 0 bridgehead atoms. The fourth-order valence-electron chi connectivity index (χ4n) is 2.03. The Morgan fingerprint density at radius 1 is 1.21 bits per heavy atom. The second kappa shape index (κ2) is 6.43. The van der Waals surface area contributed by atoms with Gasteiger partial charge >= 0.3 is 0 Å². The molecule has 0 amide bonds. The maximum absolute atomic E-state index is 14.1. The van der Waals surface area contributed by atoms with Crippen molar-refractivity contribution in [1.82, 2.24) is 10.3 Å². The summed E-state index contributed by atoms with van der Waals surface area (Å²) in [5.41, 5.74) is 3.37. The number of nitrogens with one attached hydrogen (secondary N) is 1. The molecule has 3 heteroatoms. The first-order valence-electron chi connectivity index (χ1n) is 6.63. The van der Waals surface area contributed by atoms with E-state index in [4.69, 9.17) is 0 Å². The van der Waals surface area contributed by atoms with Crippen LogP contribution < -0.4 is 5.32 Å². The third-order valence-corrected chi connectivity index (χ3v) is 3.00. The predicted octanol–water partition coefficient (Wildman–Crippen LogP) is 3.70. The standard InChI is InChI=1S/C16H19FN2/c1-3-7-18-11-13-4-5-15(16(17)10-13)14-6-8-19-12(2)9-14/h4-6,8-10,18H,3,7,11H2,1-2H3. The molecule has 0 radical (unpaired) electrons. The topological polar surface area (TPSA) is 24.9 Å². The van der Waals surface area contributed by atoms with Crippen LogP contribution in [0.5, 0.6) is 0 Å². The summed E-state index contributed by atoms with van der Waals surface area (Å²) >= 11 is 0. The first kappa shape index (κ1) is 13.7. The summed E-state index contributed by atoms with van der Waals surface area (Å²) < 4.78 is 14.1. The van der Waals surface area contributed by atoms with Crippen LogP contribution in [0.2, 0.25) is 0 Å². The van der Waals surface area contributed by atoms with Crippen LogP contribution in [-0.2, 0) is 6.54 Å². The Balaban J connectivity index is 2.19. The van der Waals surface area contributed by atoms with Crippen LogP contribution in [0.15, 0.2) is 36.5 Å². The van der Waals surface area contributed by atoms with E-state index >= 15 is 0 Å². The molecule has 0 fully saturated rings. The van der Waals surface area contributed by atoms with Crippen LogP contribution in [0.25, 0.3) is 11.1 Å². The number of halogens is 1. The van der Waals surface area contributed by atoms with Gasteiger partial charge in [-0.1, -0.05) is 19.1 Å². The minimum absolute atomic E-state index is 0.179. The Labute approximate surface area is 113 Å². The minimum Gasteiger partial charge on any atom is -0.313 e. The van der Waals surface area contributed by atoms with Crippen molar-refractivity contribution in [2.75, 3.05) is 6.54 Å². The van der Waals surface area contributed by atoms with Gasteiger partial charge in [0, 0.05) is 24.0 Å². The van der Waals surface area contributed by atoms with Crippen molar-refractivity contribution in [3.05, 3.63) is 53.6 Å². The van der Waals surface area contributed by atoms with E-state index in [-0.39, 0.29) is 5.82 Å². The molecule has 0 unspecified atom stereocenters. The van der Waals surface area contributed by atoms with E-state index in [1.165, 1.54) is 0 Å². The molecule has 1 aromatic carbocycles. The lowest BCUT2D eigenvalue weighted by atomic mass is 10.0. The Kier molecular flexibility index (Phi) is 4.63. The Bertz CT molecular complexity index is 552. The van der Waals surface area contributed by atoms with Gasteiger partial charge in [-0.3, -0.25) is 4.98 Å². The van der Waals surface area contributed by atoms with E-state index < -0.39 is 0 Å². The normalized spacial score (nSPS) is 10.7.